The SMILES string of the molecule is COc1ccccc1NC(=O)C(=O)NCC(O)c1ccc2c(ccn2C)c1. The summed E-state index contributed by atoms with van der Waals surface area (Å²) in [5.41, 5.74) is 2.11. The van der Waals surface area contributed by atoms with E-state index in [0.29, 0.717) is 17.0 Å². The molecular formula is C20H21N3O4. The van der Waals surface area contributed by atoms with E-state index in [9.17, 15) is 14.7 Å². The highest BCUT2D eigenvalue weighted by Crippen LogP contribution is 2.23. The average Bonchev–Trinajstić information content (AvgIpc) is 3.06. The molecule has 1 aromatic heterocycles. The molecule has 140 valence electrons. The summed E-state index contributed by atoms with van der Waals surface area (Å²) in [6.45, 7) is -0.0729. The Kier molecular flexibility index (Phi) is 5.42. The predicted octanol–water partition coefficient (Wildman–Crippen LogP) is 1.98. The summed E-state index contributed by atoms with van der Waals surface area (Å²) >= 11 is 0. The number of aromatic nitrogens is 1. The van der Waals surface area contributed by atoms with Gasteiger partial charge in [-0.1, -0.05) is 18.2 Å². The Balaban J connectivity index is 1.59. The van der Waals surface area contributed by atoms with Gasteiger partial charge in [-0.2, -0.15) is 0 Å². The average molecular weight is 367 g/mol. The number of aliphatic hydroxyl groups is 1. The number of hydrogen-bond acceptors (Lipinski definition) is 4. The lowest BCUT2D eigenvalue weighted by atomic mass is 10.1. The van der Waals surface area contributed by atoms with E-state index in [1.54, 1.807) is 30.3 Å². The van der Waals surface area contributed by atoms with Crippen molar-refractivity contribution in [2.75, 3.05) is 19.0 Å². The lowest BCUT2D eigenvalue weighted by Crippen LogP contribution is -2.37. The van der Waals surface area contributed by atoms with E-state index in [4.69, 9.17) is 4.74 Å². The standard InChI is InChI=1S/C20H21N3O4/c1-23-10-9-13-11-14(7-8-16(13)23)17(24)12-21-19(25)20(26)22-15-5-3-4-6-18(15)27-2/h3-11,17,24H,12H2,1-2H3,(H,21,25)(H,22,26). The van der Waals surface area contributed by atoms with Gasteiger partial charge >= 0.3 is 11.8 Å². The number of methoxy groups -OCH3 is 1. The molecule has 3 rings (SSSR count). The van der Waals surface area contributed by atoms with Crippen molar-refractivity contribution in [3.63, 3.8) is 0 Å². The number of para-hydroxylation sites is 2. The Hall–Kier alpha value is -3.32. The lowest BCUT2D eigenvalue weighted by molar-refractivity contribution is -0.136. The Bertz CT molecular complexity index is 980. The Morgan fingerprint density at radius 1 is 1.15 bits per heavy atom. The third-order valence-corrected chi connectivity index (χ3v) is 4.31. The molecule has 1 atom stereocenters. The third-order valence-electron chi connectivity index (χ3n) is 4.31. The van der Waals surface area contributed by atoms with Gasteiger partial charge in [-0.3, -0.25) is 9.59 Å². The molecular weight excluding hydrogens is 346 g/mol. The van der Waals surface area contributed by atoms with E-state index in [0.717, 1.165) is 10.9 Å². The van der Waals surface area contributed by atoms with Crippen molar-refractivity contribution in [2.45, 2.75) is 6.10 Å². The summed E-state index contributed by atoms with van der Waals surface area (Å²) in [4.78, 5) is 24.1. The maximum Gasteiger partial charge on any atom is 0.313 e. The van der Waals surface area contributed by atoms with Crippen molar-refractivity contribution < 1.29 is 19.4 Å². The van der Waals surface area contributed by atoms with Crippen LogP contribution in [0.1, 0.15) is 11.7 Å². The summed E-state index contributed by atoms with van der Waals surface area (Å²) in [5, 5.41) is 16.2. The fraction of sp³-hybridized carbons (Fsp3) is 0.200. The first-order valence-electron chi connectivity index (χ1n) is 8.45. The Morgan fingerprint density at radius 3 is 2.70 bits per heavy atom. The summed E-state index contributed by atoms with van der Waals surface area (Å²) in [7, 11) is 3.42. The lowest BCUT2D eigenvalue weighted by Gasteiger charge is -2.13. The van der Waals surface area contributed by atoms with Crippen molar-refractivity contribution >= 4 is 28.4 Å². The largest absolute Gasteiger partial charge is 0.495 e. The van der Waals surface area contributed by atoms with E-state index in [1.807, 2.05) is 36.0 Å². The molecule has 7 nitrogen and oxygen atoms in total. The van der Waals surface area contributed by atoms with Gasteiger partial charge in [0.15, 0.2) is 0 Å². The molecule has 0 spiro atoms. The first-order chi connectivity index (χ1) is 13.0. The zero-order valence-corrected chi connectivity index (χ0v) is 15.1. The van der Waals surface area contributed by atoms with Gasteiger partial charge in [-0.25, -0.2) is 0 Å². The molecule has 0 saturated carbocycles. The van der Waals surface area contributed by atoms with Crippen LogP contribution in [0.25, 0.3) is 10.9 Å². The molecule has 1 heterocycles. The van der Waals surface area contributed by atoms with Crippen LogP contribution in [0.3, 0.4) is 0 Å². The van der Waals surface area contributed by atoms with E-state index in [-0.39, 0.29) is 6.54 Å². The van der Waals surface area contributed by atoms with Crippen LogP contribution in [0.5, 0.6) is 5.75 Å². The van der Waals surface area contributed by atoms with Crippen molar-refractivity contribution in [1.29, 1.82) is 0 Å². The van der Waals surface area contributed by atoms with Crippen LogP contribution in [-0.4, -0.2) is 35.1 Å². The first-order valence-corrected chi connectivity index (χ1v) is 8.45. The molecule has 0 radical (unpaired) electrons. The quantitative estimate of drug-likeness (QED) is 0.601. The van der Waals surface area contributed by atoms with Gasteiger partial charge in [0.1, 0.15) is 5.75 Å². The highest BCUT2D eigenvalue weighted by atomic mass is 16.5. The summed E-state index contributed by atoms with van der Waals surface area (Å²) in [6.07, 6.45) is 1.02. The van der Waals surface area contributed by atoms with E-state index >= 15 is 0 Å². The zero-order valence-electron chi connectivity index (χ0n) is 15.1. The summed E-state index contributed by atoms with van der Waals surface area (Å²) < 4.78 is 7.11. The van der Waals surface area contributed by atoms with E-state index < -0.39 is 17.9 Å². The number of hydrogen-bond donors (Lipinski definition) is 3. The highest BCUT2D eigenvalue weighted by Gasteiger charge is 2.17. The molecule has 27 heavy (non-hydrogen) atoms. The van der Waals surface area contributed by atoms with Crippen LogP contribution in [0.15, 0.2) is 54.7 Å². The number of aliphatic hydroxyl groups excluding tert-OH is 1. The number of nitrogens with zero attached hydrogens (tertiary/aromatic N) is 1. The number of carbonyl (C=O) groups is 2. The molecule has 0 aliphatic carbocycles. The third kappa shape index (κ3) is 4.09. The van der Waals surface area contributed by atoms with Crippen LogP contribution in [0.2, 0.25) is 0 Å². The van der Waals surface area contributed by atoms with Crippen molar-refractivity contribution in [2.24, 2.45) is 7.05 Å². The molecule has 7 heteroatoms. The van der Waals surface area contributed by atoms with Gasteiger partial charge in [0.05, 0.1) is 18.9 Å². The van der Waals surface area contributed by atoms with Crippen LogP contribution in [0.4, 0.5) is 5.69 Å². The predicted molar refractivity (Wildman–Crippen MR) is 103 cm³/mol. The molecule has 3 aromatic rings. The normalized spacial score (nSPS) is 11.8. The number of rotatable bonds is 5. The van der Waals surface area contributed by atoms with Gasteiger partial charge in [0.25, 0.3) is 0 Å². The second-order valence-electron chi connectivity index (χ2n) is 6.13. The van der Waals surface area contributed by atoms with Gasteiger partial charge in [0.2, 0.25) is 0 Å². The smallest absolute Gasteiger partial charge is 0.313 e. The Labute approximate surface area is 156 Å². The minimum Gasteiger partial charge on any atom is -0.495 e. The fourth-order valence-electron chi connectivity index (χ4n) is 2.82. The van der Waals surface area contributed by atoms with Gasteiger partial charge in [-0.15, -0.1) is 0 Å². The van der Waals surface area contributed by atoms with Gasteiger partial charge in [-0.05, 0) is 41.3 Å². The zero-order chi connectivity index (χ0) is 19.4. The molecule has 0 aliphatic rings. The summed E-state index contributed by atoms with van der Waals surface area (Å²) in [6, 6.07) is 14.3. The van der Waals surface area contributed by atoms with Crippen molar-refractivity contribution in [1.82, 2.24) is 9.88 Å². The maximum absolute atomic E-state index is 12.0. The number of ether oxygens (including phenoxy) is 1. The maximum atomic E-state index is 12.0. The molecule has 1 unspecified atom stereocenters. The van der Waals surface area contributed by atoms with Crippen LogP contribution in [0, 0.1) is 0 Å². The second kappa shape index (κ2) is 7.92. The van der Waals surface area contributed by atoms with Crippen molar-refractivity contribution in [3.05, 3.63) is 60.3 Å². The number of fused-ring (bicyclic) bond motifs is 1. The highest BCUT2D eigenvalue weighted by molar-refractivity contribution is 6.39. The minimum atomic E-state index is -0.919. The Morgan fingerprint density at radius 2 is 1.93 bits per heavy atom. The number of benzene rings is 2. The van der Waals surface area contributed by atoms with Gasteiger partial charge in [0, 0.05) is 25.3 Å². The number of nitrogens with one attached hydrogen (secondary N) is 2. The number of anilines is 1. The van der Waals surface area contributed by atoms with Crippen LogP contribution < -0.4 is 15.4 Å². The molecule has 0 fully saturated rings. The summed E-state index contributed by atoms with van der Waals surface area (Å²) in [5.74, 6) is -1.21. The van der Waals surface area contributed by atoms with Crippen LogP contribution in [-0.2, 0) is 16.6 Å². The first kappa shape index (κ1) is 18.5. The van der Waals surface area contributed by atoms with Crippen molar-refractivity contribution in [3.8, 4) is 5.75 Å². The molecule has 0 saturated heterocycles. The van der Waals surface area contributed by atoms with E-state index in [1.165, 1.54) is 7.11 Å². The number of amides is 2. The number of aryl methyl sites for hydroxylation is 1. The fourth-order valence-corrected chi connectivity index (χ4v) is 2.82. The second-order valence-corrected chi connectivity index (χ2v) is 6.13. The number of carbonyl (C=O) groups excluding carboxylic acids is 2. The molecule has 0 aliphatic heterocycles. The molecule has 2 aromatic carbocycles. The monoisotopic (exact) mass is 367 g/mol. The topological polar surface area (TPSA) is 92.6 Å². The van der Waals surface area contributed by atoms with Crippen LogP contribution >= 0.6 is 0 Å². The van der Waals surface area contributed by atoms with Gasteiger partial charge < -0.3 is 25.0 Å². The molecule has 2 amide bonds. The molecule has 3 N–H and O–H groups in total. The minimum absolute atomic E-state index is 0.0729. The molecule has 0 bridgehead atoms. The van der Waals surface area contributed by atoms with E-state index in [2.05, 4.69) is 10.6 Å².